The number of amides is 1. The Morgan fingerprint density at radius 3 is 2.63 bits per heavy atom. The molecule has 1 amide bonds. The minimum absolute atomic E-state index is 0.0952. The maximum atomic E-state index is 13.2. The Balaban J connectivity index is 2.85. The van der Waals surface area contributed by atoms with E-state index >= 15 is 0 Å². The van der Waals surface area contributed by atoms with Gasteiger partial charge >= 0.3 is 5.97 Å². The van der Waals surface area contributed by atoms with Gasteiger partial charge in [-0.1, -0.05) is 0 Å². The van der Waals surface area contributed by atoms with E-state index in [1.807, 2.05) is 0 Å². The molecule has 19 heavy (non-hydrogen) atoms. The Bertz CT molecular complexity index is 476. The third kappa shape index (κ3) is 4.24. The highest BCUT2D eigenvalue weighted by molar-refractivity contribution is 5.83. The van der Waals surface area contributed by atoms with Crippen molar-refractivity contribution in [1.29, 1.82) is 0 Å². The molecule has 0 saturated heterocycles. The molecule has 0 fully saturated rings. The Morgan fingerprint density at radius 1 is 1.42 bits per heavy atom. The Morgan fingerprint density at radius 2 is 2.11 bits per heavy atom. The summed E-state index contributed by atoms with van der Waals surface area (Å²) in [5.41, 5.74) is 0.399. The Kier molecular flexibility index (Phi) is 5.29. The van der Waals surface area contributed by atoms with Crippen LogP contribution in [0.25, 0.3) is 0 Å². The number of halogens is 1. The van der Waals surface area contributed by atoms with Crippen molar-refractivity contribution in [2.75, 3.05) is 20.2 Å². The molecular weight excluding hydrogens is 253 g/mol. The largest absolute Gasteiger partial charge is 0.496 e. The molecule has 0 aliphatic carbocycles. The van der Waals surface area contributed by atoms with E-state index in [-0.39, 0.29) is 25.4 Å². The molecule has 0 aliphatic rings. The topological polar surface area (TPSA) is 66.8 Å². The number of ether oxygens (including phenoxy) is 1. The van der Waals surface area contributed by atoms with Crippen LogP contribution in [0, 0.1) is 5.82 Å². The molecule has 0 aromatic heterocycles. The lowest BCUT2D eigenvalue weighted by atomic mass is 10.1. The molecule has 0 aliphatic heterocycles. The van der Waals surface area contributed by atoms with Crippen LogP contribution in [-0.4, -0.2) is 42.1 Å². The summed E-state index contributed by atoms with van der Waals surface area (Å²) < 4.78 is 18.2. The second kappa shape index (κ2) is 6.72. The number of carbonyl (C=O) groups excluding carboxylic acids is 1. The molecule has 0 radical (unpaired) electrons. The molecule has 0 saturated carbocycles. The van der Waals surface area contributed by atoms with Crippen molar-refractivity contribution >= 4 is 11.9 Å². The summed E-state index contributed by atoms with van der Waals surface area (Å²) in [6.07, 6.45) is -0.0952. The van der Waals surface area contributed by atoms with Gasteiger partial charge < -0.3 is 14.7 Å². The lowest BCUT2D eigenvalue weighted by Crippen LogP contribution is -2.36. The van der Waals surface area contributed by atoms with Crippen LogP contribution in [-0.2, 0) is 16.0 Å². The third-order valence-corrected chi connectivity index (χ3v) is 2.64. The van der Waals surface area contributed by atoms with E-state index < -0.39 is 11.8 Å². The maximum absolute atomic E-state index is 13.2. The minimum atomic E-state index is -1.08. The third-order valence-electron chi connectivity index (χ3n) is 2.64. The molecule has 5 nitrogen and oxygen atoms in total. The summed E-state index contributed by atoms with van der Waals surface area (Å²) in [6.45, 7) is 1.60. The standard InChI is InChI=1S/C13H16FNO4/c1-3-15(8-13(17)18)12(16)7-9-6-10(14)4-5-11(9)19-2/h4-6H,3,7-8H2,1-2H3,(H,17,18). The molecule has 0 bridgehead atoms. The molecular formula is C13H16FNO4. The normalized spacial score (nSPS) is 10.1. The highest BCUT2D eigenvalue weighted by Gasteiger charge is 2.17. The van der Waals surface area contributed by atoms with Gasteiger partial charge in [0.25, 0.3) is 0 Å². The SMILES string of the molecule is CCN(CC(=O)O)C(=O)Cc1cc(F)ccc1OC. The Hall–Kier alpha value is -2.11. The molecule has 0 atom stereocenters. The molecule has 1 aromatic carbocycles. The number of hydrogen-bond acceptors (Lipinski definition) is 3. The van der Waals surface area contributed by atoms with Crippen LogP contribution in [0.3, 0.4) is 0 Å². The van der Waals surface area contributed by atoms with Crippen LogP contribution in [0.5, 0.6) is 5.75 Å². The summed E-state index contributed by atoms with van der Waals surface area (Å²) in [7, 11) is 1.43. The van der Waals surface area contributed by atoms with Crippen molar-refractivity contribution in [3.8, 4) is 5.75 Å². The number of carbonyl (C=O) groups is 2. The van der Waals surface area contributed by atoms with Gasteiger partial charge in [0.05, 0.1) is 13.5 Å². The van der Waals surface area contributed by atoms with E-state index in [0.29, 0.717) is 11.3 Å². The van der Waals surface area contributed by atoms with Crippen molar-refractivity contribution in [2.45, 2.75) is 13.3 Å². The molecule has 0 unspecified atom stereocenters. The van der Waals surface area contributed by atoms with E-state index in [9.17, 15) is 14.0 Å². The zero-order valence-electron chi connectivity index (χ0n) is 10.9. The Labute approximate surface area is 110 Å². The average molecular weight is 269 g/mol. The van der Waals surface area contributed by atoms with E-state index in [4.69, 9.17) is 9.84 Å². The molecule has 6 heteroatoms. The molecule has 1 rings (SSSR count). The number of likely N-dealkylation sites (N-methyl/N-ethyl adjacent to an activating group) is 1. The number of rotatable bonds is 6. The van der Waals surface area contributed by atoms with Crippen LogP contribution in [0.2, 0.25) is 0 Å². The van der Waals surface area contributed by atoms with Gasteiger partial charge in [-0.2, -0.15) is 0 Å². The van der Waals surface area contributed by atoms with E-state index in [2.05, 4.69) is 0 Å². The summed E-state index contributed by atoms with van der Waals surface area (Å²) in [6, 6.07) is 3.89. The zero-order valence-corrected chi connectivity index (χ0v) is 10.9. The second-order valence-corrected chi connectivity index (χ2v) is 3.93. The molecule has 104 valence electrons. The van der Waals surface area contributed by atoms with Crippen molar-refractivity contribution in [3.05, 3.63) is 29.6 Å². The van der Waals surface area contributed by atoms with Gasteiger partial charge in [-0.3, -0.25) is 9.59 Å². The number of aliphatic carboxylic acids is 1. The van der Waals surface area contributed by atoms with Crippen molar-refractivity contribution in [1.82, 2.24) is 4.90 Å². The van der Waals surface area contributed by atoms with Crippen molar-refractivity contribution in [2.24, 2.45) is 0 Å². The first-order chi connectivity index (χ1) is 8.97. The van der Waals surface area contributed by atoms with Crippen LogP contribution >= 0.6 is 0 Å². The zero-order chi connectivity index (χ0) is 14.4. The lowest BCUT2D eigenvalue weighted by Gasteiger charge is -2.19. The predicted molar refractivity (Wildman–Crippen MR) is 66.5 cm³/mol. The number of carboxylic acids is 1. The van der Waals surface area contributed by atoms with Crippen LogP contribution in [0.4, 0.5) is 4.39 Å². The van der Waals surface area contributed by atoms with Crippen molar-refractivity contribution in [3.63, 3.8) is 0 Å². The number of benzene rings is 1. The van der Waals surface area contributed by atoms with Gasteiger partial charge in [-0.15, -0.1) is 0 Å². The van der Waals surface area contributed by atoms with Crippen molar-refractivity contribution < 1.29 is 23.8 Å². The smallest absolute Gasteiger partial charge is 0.323 e. The van der Waals surface area contributed by atoms with E-state index in [1.165, 1.54) is 30.2 Å². The van der Waals surface area contributed by atoms with Crippen LogP contribution in [0.15, 0.2) is 18.2 Å². The first-order valence-corrected chi connectivity index (χ1v) is 5.80. The van der Waals surface area contributed by atoms with Gasteiger partial charge in [0.1, 0.15) is 18.1 Å². The fraction of sp³-hybridized carbons (Fsp3) is 0.385. The van der Waals surface area contributed by atoms with E-state index in [0.717, 1.165) is 0 Å². The number of hydrogen-bond donors (Lipinski definition) is 1. The van der Waals surface area contributed by atoms with Gasteiger partial charge in [0, 0.05) is 12.1 Å². The van der Waals surface area contributed by atoms with Crippen LogP contribution in [0.1, 0.15) is 12.5 Å². The second-order valence-electron chi connectivity index (χ2n) is 3.93. The van der Waals surface area contributed by atoms with Gasteiger partial charge in [0.2, 0.25) is 5.91 Å². The quantitative estimate of drug-likeness (QED) is 0.845. The summed E-state index contributed by atoms with van der Waals surface area (Å²) in [5, 5.41) is 8.70. The molecule has 1 N–H and O–H groups in total. The molecule has 0 heterocycles. The minimum Gasteiger partial charge on any atom is -0.496 e. The average Bonchev–Trinajstić information content (AvgIpc) is 2.35. The summed E-state index contributed by atoms with van der Waals surface area (Å²) in [5.74, 6) is -1.53. The highest BCUT2D eigenvalue weighted by atomic mass is 19.1. The molecule has 1 aromatic rings. The first-order valence-electron chi connectivity index (χ1n) is 5.80. The highest BCUT2D eigenvalue weighted by Crippen LogP contribution is 2.20. The van der Waals surface area contributed by atoms with E-state index in [1.54, 1.807) is 6.92 Å². The molecule has 0 spiro atoms. The summed E-state index contributed by atoms with van der Waals surface area (Å²) >= 11 is 0. The van der Waals surface area contributed by atoms with Gasteiger partial charge in [-0.05, 0) is 25.1 Å². The van der Waals surface area contributed by atoms with Gasteiger partial charge in [0.15, 0.2) is 0 Å². The fourth-order valence-electron chi connectivity index (χ4n) is 1.70. The fourth-order valence-corrected chi connectivity index (χ4v) is 1.70. The lowest BCUT2D eigenvalue weighted by molar-refractivity contribution is -0.144. The van der Waals surface area contributed by atoms with Crippen LogP contribution < -0.4 is 4.74 Å². The first kappa shape index (κ1) is 14.9. The van der Waals surface area contributed by atoms with Gasteiger partial charge in [-0.25, -0.2) is 4.39 Å². The number of nitrogens with zero attached hydrogens (tertiary/aromatic N) is 1. The number of methoxy groups -OCH3 is 1. The monoisotopic (exact) mass is 269 g/mol. The number of carboxylic acid groups (broad SMARTS) is 1. The summed E-state index contributed by atoms with van der Waals surface area (Å²) in [4.78, 5) is 23.8. The predicted octanol–water partition coefficient (Wildman–Crippen LogP) is 1.31. The maximum Gasteiger partial charge on any atom is 0.323 e.